The van der Waals surface area contributed by atoms with E-state index in [0.717, 1.165) is 24.3 Å². The second kappa shape index (κ2) is 9.17. The minimum absolute atomic E-state index is 0.138. The highest BCUT2D eigenvalue weighted by molar-refractivity contribution is 5.93. The lowest BCUT2D eigenvalue weighted by atomic mass is 10.1. The maximum absolute atomic E-state index is 12.5. The highest BCUT2D eigenvalue weighted by atomic mass is 16.5. The fraction of sp³-hybridized carbons (Fsp3) is 0.450. The quantitative estimate of drug-likeness (QED) is 0.765. The lowest BCUT2D eigenvalue weighted by Gasteiger charge is -2.16. The predicted octanol–water partition coefficient (Wildman–Crippen LogP) is 4.07. The van der Waals surface area contributed by atoms with Gasteiger partial charge >= 0.3 is 0 Å². The maximum atomic E-state index is 12.5. The Labute approximate surface area is 154 Å². The minimum atomic E-state index is -0.138. The summed E-state index contributed by atoms with van der Waals surface area (Å²) in [7, 11) is 0. The molecule has 0 atom stereocenters. The highest BCUT2D eigenvalue weighted by Crippen LogP contribution is 2.26. The Morgan fingerprint density at radius 1 is 1.15 bits per heavy atom. The zero-order valence-electron chi connectivity index (χ0n) is 15.2. The van der Waals surface area contributed by atoms with Gasteiger partial charge in [-0.05, 0) is 31.9 Å². The molecule has 2 N–H and O–H groups in total. The first-order valence-corrected chi connectivity index (χ1v) is 9.38. The molecule has 26 heavy (non-hydrogen) atoms. The van der Waals surface area contributed by atoms with Crippen LogP contribution in [0.1, 0.15) is 55.9 Å². The molecule has 1 aromatic heterocycles. The van der Waals surface area contributed by atoms with Crippen molar-refractivity contribution in [3.8, 4) is 5.75 Å². The van der Waals surface area contributed by atoms with E-state index in [0.29, 0.717) is 18.1 Å². The largest absolute Gasteiger partial charge is 0.492 e. The van der Waals surface area contributed by atoms with Crippen molar-refractivity contribution in [2.45, 2.75) is 51.5 Å². The zero-order valence-corrected chi connectivity index (χ0v) is 15.2. The van der Waals surface area contributed by atoms with E-state index in [1.807, 2.05) is 31.2 Å². The number of anilines is 2. The first-order valence-electron chi connectivity index (χ1n) is 9.38. The van der Waals surface area contributed by atoms with Crippen molar-refractivity contribution in [3.05, 3.63) is 42.4 Å². The van der Waals surface area contributed by atoms with Gasteiger partial charge in [0, 0.05) is 12.1 Å². The molecule has 3 rings (SSSR count). The van der Waals surface area contributed by atoms with Crippen LogP contribution < -0.4 is 15.4 Å². The molecule has 1 aromatic carbocycles. The Morgan fingerprint density at radius 2 is 1.92 bits per heavy atom. The summed E-state index contributed by atoms with van der Waals surface area (Å²) in [5, 5.41) is 6.33. The number of rotatable bonds is 6. The Hall–Kier alpha value is -2.63. The van der Waals surface area contributed by atoms with E-state index in [-0.39, 0.29) is 11.9 Å². The molecule has 1 amide bonds. The van der Waals surface area contributed by atoms with Crippen molar-refractivity contribution < 1.29 is 9.53 Å². The van der Waals surface area contributed by atoms with E-state index in [4.69, 9.17) is 4.74 Å². The van der Waals surface area contributed by atoms with E-state index in [9.17, 15) is 4.79 Å². The average Bonchev–Trinajstić information content (AvgIpc) is 2.92. The third kappa shape index (κ3) is 4.94. The van der Waals surface area contributed by atoms with Gasteiger partial charge in [0.05, 0.1) is 12.3 Å². The van der Waals surface area contributed by atoms with Crippen LogP contribution in [-0.2, 0) is 0 Å². The van der Waals surface area contributed by atoms with Gasteiger partial charge in [-0.15, -0.1) is 0 Å². The number of hydrogen-bond acceptors (Lipinski definition) is 5. The number of carbonyl (C=O) groups is 1. The first-order chi connectivity index (χ1) is 12.8. The number of para-hydroxylation sites is 2. The molecular weight excluding hydrogens is 328 g/mol. The van der Waals surface area contributed by atoms with Gasteiger partial charge in [-0.25, -0.2) is 9.97 Å². The summed E-state index contributed by atoms with van der Waals surface area (Å²) < 4.78 is 5.61. The van der Waals surface area contributed by atoms with Crippen molar-refractivity contribution in [2.24, 2.45) is 0 Å². The van der Waals surface area contributed by atoms with Crippen LogP contribution in [0.4, 0.5) is 11.5 Å². The van der Waals surface area contributed by atoms with Crippen LogP contribution in [0, 0.1) is 0 Å². The number of nitrogens with one attached hydrogen (secondary N) is 2. The Morgan fingerprint density at radius 3 is 2.69 bits per heavy atom. The smallest absolute Gasteiger partial charge is 0.270 e. The van der Waals surface area contributed by atoms with Crippen molar-refractivity contribution in [1.82, 2.24) is 15.3 Å². The molecule has 1 heterocycles. The molecule has 6 heteroatoms. The number of aromatic nitrogens is 2. The van der Waals surface area contributed by atoms with Crippen LogP contribution in [0.3, 0.4) is 0 Å². The summed E-state index contributed by atoms with van der Waals surface area (Å²) in [6, 6.07) is 9.57. The number of carbonyl (C=O) groups excluding carboxylic acids is 1. The lowest BCUT2D eigenvalue weighted by Crippen LogP contribution is -2.34. The summed E-state index contributed by atoms with van der Waals surface area (Å²) in [5.41, 5.74) is 1.18. The third-order valence-corrected chi connectivity index (χ3v) is 4.54. The number of hydrogen-bond donors (Lipinski definition) is 2. The number of ether oxygens (including phenoxy) is 1. The minimum Gasteiger partial charge on any atom is -0.492 e. The summed E-state index contributed by atoms with van der Waals surface area (Å²) >= 11 is 0. The molecule has 6 nitrogen and oxygen atoms in total. The average molecular weight is 354 g/mol. The van der Waals surface area contributed by atoms with Crippen LogP contribution in [0.15, 0.2) is 36.7 Å². The topological polar surface area (TPSA) is 76.1 Å². The van der Waals surface area contributed by atoms with Crippen LogP contribution >= 0.6 is 0 Å². The summed E-state index contributed by atoms with van der Waals surface area (Å²) in [6.45, 7) is 2.52. The van der Waals surface area contributed by atoms with Gasteiger partial charge in [0.25, 0.3) is 5.91 Å². The second-order valence-electron chi connectivity index (χ2n) is 6.50. The fourth-order valence-electron chi connectivity index (χ4n) is 3.22. The highest BCUT2D eigenvalue weighted by Gasteiger charge is 2.17. The van der Waals surface area contributed by atoms with Gasteiger partial charge in [-0.2, -0.15) is 0 Å². The van der Waals surface area contributed by atoms with E-state index >= 15 is 0 Å². The van der Waals surface area contributed by atoms with E-state index in [1.54, 1.807) is 6.07 Å². The van der Waals surface area contributed by atoms with E-state index in [2.05, 4.69) is 20.6 Å². The molecule has 0 unspecified atom stereocenters. The normalized spacial score (nSPS) is 15.1. The van der Waals surface area contributed by atoms with Crippen molar-refractivity contribution in [3.63, 3.8) is 0 Å². The van der Waals surface area contributed by atoms with Crippen LogP contribution in [0.5, 0.6) is 5.75 Å². The molecule has 0 aliphatic heterocycles. The maximum Gasteiger partial charge on any atom is 0.270 e. The Bertz CT molecular complexity index is 727. The molecule has 0 radical (unpaired) electrons. The molecule has 0 spiro atoms. The van der Waals surface area contributed by atoms with Crippen molar-refractivity contribution in [2.75, 3.05) is 11.9 Å². The molecule has 1 fully saturated rings. The standard InChI is InChI=1S/C20H26N4O2/c1-2-26-18-12-8-7-11-16(18)24-19-13-17(21-14-22-19)20(25)23-15-9-5-3-4-6-10-15/h7-8,11-15H,2-6,9-10H2,1H3,(H,23,25)(H,21,22,24). The summed E-state index contributed by atoms with van der Waals surface area (Å²) in [6.07, 6.45) is 8.37. The Kier molecular flexibility index (Phi) is 6.41. The predicted molar refractivity (Wildman–Crippen MR) is 102 cm³/mol. The van der Waals surface area contributed by atoms with Gasteiger partial charge in [-0.3, -0.25) is 4.79 Å². The molecular formula is C20H26N4O2. The van der Waals surface area contributed by atoms with E-state index in [1.165, 1.54) is 32.0 Å². The van der Waals surface area contributed by atoms with Gasteiger partial charge in [-0.1, -0.05) is 37.8 Å². The monoisotopic (exact) mass is 354 g/mol. The van der Waals surface area contributed by atoms with Gasteiger partial charge in [0.2, 0.25) is 0 Å². The van der Waals surface area contributed by atoms with Gasteiger partial charge < -0.3 is 15.4 Å². The van der Waals surface area contributed by atoms with Crippen LogP contribution in [0.2, 0.25) is 0 Å². The van der Waals surface area contributed by atoms with Crippen molar-refractivity contribution in [1.29, 1.82) is 0 Å². The molecule has 2 aromatic rings. The lowest BCUT2D eigenvalue weighted by molar-refractivity contribution is 0.0928. The van der Waals surface area contributed by atoms with Gasteiger partial charge in [0.1, 0.15) is 23.6 Å². The number of nitrogens with zero attached hydrogens (tertiary/aromatic N) is 2. The number of benzene rings is 1. The molecule has 1 aliphatic carbocycles. The van der Waals surface area contributed by atoms with Crippen LogP contribution in [0.25, 0.3) is 0 Å². The molecule has 1 saturated carbocycles. The number of amides is 1. The SMILES string of the molecule is CCOc1ccccc1Nc1cc(C(=O)NC2CCCCCC2)ncn1. The molecule has 0 saturated heterocycles. The second-order valence-corrected chi connectivity index (χ2v) is 6.50. The third-order valence-electron chi connectivity index (χ3n) is 4.54. The Balaban J connectivity index is 1.69. The summed E-state index contributed by atoms with van der Waals surface area (Å²) in [4.78, 5) is 20.9. The molecule has 0 bridgehead atoms. The van der Waals surface area contributed by atoms with E-state index < -0.39 is 0 Å². The van der Waals surface area contributed by atoms with Gasteiger partial charge in [0.15, 0.2) is 0 Å². The summed E-state index contributed by atoms with van der Waals surface area (Å²) in [5.74, 6) is 1.18. The molecule has 138 valence electrons. The van der Waals surface area contributed by atoms with Crippen LogP contribution in [-0.4, -0.2) is 28.5 Å². The van der Waals surface area contributed by atoms with Crippen molar-refractivity contribution >= 4 is 17.4 Å². The molecule has 1 aliphatic rings. The first kappa shape index (κ1) is 18.2. The fourth-order valence-corrected chi connectivity index (χ4v) is 3.22. The zero-order chi connectivity index (χ0) is 18.2.